The molecule has 0 fully saturated rings. The highest BCUT2D eigenvalue weighted by atomic mass is 32.2. The van der Waals surface area contributed by atoms with E-state index < -0.39 is 0 Å². The summed E-state index contributed by atoms with van der Waals surface area (Å²) in [5, 5.41) is 9.80. The van der Waals surface area contributed by atoms with Gasteiger partial charge in [0.25, 0.3) is 0 Å². The fourth-order valence-electron chi connectivity index (χ4n) is 3.98. The van der Waals surface area contributed by atoms with Gasteiger partial charge in [0.15, 0.2) is 0 Å². The normalized spacial score (nSPS) is 12.2. The molecule has 3 aromatic carbocycles. The maximum atomic E-state index is 9.82. The molecule has 0 radical (unpaired) electrons. The second-order valence-electron chi connectivity index (χ2n) is 8.59. The second kappa shape index (κ2) is 13.2. The van der Waals surface area contributed by atoms with E-state index in [1.165, 1.54) is 39.0 Å². The first kappa shape index (κ1) is 27.4. The lowest BCUT2D eigenvalue weighted by atomic mass is 9.88. The van der Waals surface area contributed by atoms with E-state index in [2.05, 4.69) is 59.0 Å². The van der Waals surface area contributed by atoms with Crippen LogP contribution in [0.25, 0.3) is 11.1 Å². The topological polar surface area (TPSA) is 59.0 Å². The fraction of sp³-hybridized carbons (Fsp3) is 0.300. The monoisotopic (exact) mass is 505 g/mol. The number of hydrogen-bond donors (Lipinski definition) is 1. The Bertz CT molecular complexity index is 1200. The zero-order chi connectivity index (χ0) is 26.1. The summed E-state index contributed by atoms with van der Waals surface area (Å²) in [7, 11) is 4.10. The maximum Gasteiger partial charge on any atom is 0.302 e. The summed E-state index contributed by atoms with van der Waals surface area (Å²) in [6.07, 6.45) is 0.925. The number of phenols is 1. The fourth-order valence-corrected chi connectivity index (χ4v) is 5.12. The molecule has 5 nitrogen and oxygen atoms in total. The number of nitrogens with zero attached hydrogens (tertiary/aromatic N) is 1. The Kier molecular flexibility index (Phi) is 10.0. The van der Waals surface area contributed by atoms with Gasteiger partial charge in [-0.15, -0.1) is 0 Å². The molecule has 0 amide bonds. The average Bonchev–Trinajstić information content (AvgIpc) is 2.98. The third kappa shape index (κ3) is 7.15. The average molecular weight is 506 g/mol. The minimum atomic E-state index is -0.211. The van der Waals surface area contributed by atoms with Gasteiger partial charge >= 0.3 is 5.97 Å². The summed E-state index contributed by atoms with van der Waals surface area (Å²) >= 11 is 1.80. The Morgan fingerprint density at radius 1 is 0.944 bits per heavy atom. The van der Waals surface area contributed by atoms with Gasteiger partial charge in [-0.25, -0.2) is 0 Å². The summed E-state index contributed by atoms with van der Waals surface area (Å²) < 4.78 is 10.4. The second-order valence-corrected chi connectivity index (χ2v) is 9.67. The zero-order valence-electron chi connectivity index (χ0n) is 21.7. The first-order valence-electron chi connectivity index (χ1n) is 12.2. The highest BCUT2D eigenvalue weighted by molar-refractivity contribution is 7.99. The number of rotatable bonds is 7. The number of fused-ring (bicyclic) bond motifs is 2. The van der Waals surface area contributed by atoms with Crippen LogP contribution in [0.5, 0.6) is 11.5 Å². The molecule has 0 saturated heterocycles. The number of ether oxygens (including phenoxy) is 2. The van der Waals surface area contributed by atoms with Crippen molar-refractivity contribution >= 4 is 28.9 Å². The number of hydrogen-bond acceptors (Lipinski definition) is 6. The Hall–Kier alpha value is -3.22. The molecule has 190 valence electrons. The lowest BCUT2D eigenvalue weighted by Crippen LogP contribution is -2.19. The van der Waals surface area contributed by atoms with E-state index in [4.69, 9.17) is 4.74 Å². The zero-order valence-corrected chi connectivity index (χ0v) is 22.5. The predicted octanol–water partition coefficient (Wildman–Crippen LogP) is 6.74. The number of aromatic hydroxyl groups is 1. The van der Waals surface area contributed by atoms with Gasteiger partial charge in [-0.05, 0) is 91.7 Å². The van der Waals surface area contributed by atoms with Gasteiger partial charge in [0, 0.05) is 23.3 Å². The maximum absolute atomic E-state index is 9.82. The van der Waals surface area contributed by atoms with E-state index in [1.54, 1.807) is 30.8 Å². The van der Waals surface area contributed by atoms with Crippen molar-refractivity contribution in [2.24, 2.45) is 0 Å². The van der Waals surface area contributed by atoms with E-state index >= 15 is 0 Å². The summed E-state index contributed by atoms with van der Waals surface area (Å²) in [5.41, 5.74) is 6.15. The summed E-state index contributed by atoms with van der Waals surface area (Å²) in [5.74, 6) is 0.966. The molecule has 36 heavy (non-hydrogen) atoms. The Morgan fingerprint density at radius 2 is 1.67 bits per heavy atom. The molecule has 0 unspecified atom stereocenters. The van der Waals surface area contributed by atoms with E-state index in [0.29, 0.717) is 13.2 Å². The van der Waals surface area contributed by atoms with E-state index in [1.807, 2.05) is 26.2 Å². The van der Waals surface area contributed by atoms with E-state index in [0.717, 1.165) is 24.3 Å². The molecule has 4 rings (SSSR count). The highest BCUT2D eigenvalue weighted by Crippen LogP contribution is 2.48. The molecule has 1 N–H and O–H groups in total. The SMILES string of the molecule is CCC1=C(c2ccc(O)cc2)c2ccc(OCCN(C)C)cc2Sc2ccccc21.CCOC(C)=O. The summed E-state index contributed by atoms with van der Waals surface area (Å²) in [6, 6.07) is 22.5. The number of carbonyl (C=O) groups excluding carboxylic acids is 1. The van der Waals surface area contributed by atoms with Gasteiger partial charge in [0.1, 0.15) is 18.1 Å². The van der Waals surface area contributed by atoms with Crippen LogP contribution >= 0.6 is 11.8 Å². The van der Waals surface area contributed by atoms with Crippen LogP contribution in [0.15, 0.2) is 76.5 Å². The van der Waals surface area contributed by atoms with Gasteiger partial charge in [0.2, 0.25) is 0 Å². The van der Waals surface area contributed by atoms with Crippen LogP contribution in [0.1, 0.15) is 43.9 Å². The number of esters is 1. The number of benzene rings is 3. The first-order valence-corrected chi connectivity index (χ1v) is 13.0. The molecular weight excluding hydrogens is 470 g/mol. The molecule has 0 atom stereocenters. The molecular formula is C30H35NO4S. The van der Waals surface area contributed by atoms with Crippen molar-refractivity contribution in [2.45, 2.75) is 37.0 Å². The minimum absolute atomic E-state index is 0.211. The van der Waals surface area contributed by atoms with Crippen LogP contribution in [0, 0.1) is 0 Å². The van der Waals surface area contributed by atoms with Crippen molar-refractivity contribution in [1.82, 2.24) is 4.90 Å². The van der Waals surface area contributed by atoms with E-state index in [-0.39, 0.29) is 11.7 Å². The molecule has 1 heterocycles. The van der Waals surface area contributed by atoms with Crippen LogP contribution in [0.3, 0.4) is 0 Å². The lowest BCUT2D eigenvalue weighted by Gasteiger charge is -2.17. The van der Waals surface area contributed by atoms with Crippen molar-refractivity contribution in [1.29, 1.82) is 0 Å². The Labute approximate surface area is 218 Å². The van der Waals surface area contributed by atoms with Gasteiger partial charge in [-0.3, -0.25) is 4.79 Å². The number of carbonyl (C=O) groups is 1. The van der Waals surface area contributed by atoms with Crippen LogP contribution in [-0.4, -0.2) is 49.8 Å². The quantitative estimate of drug-likeness (QED) is 0.359. The van der Waals surface area contributed by atoms with Crippen molar-refractivity contribution in [3.8, 4) is 11.5 Å². The van der Waals surface area contributed by atoms with Gasteiger partial charge in [0.05, 0.1) is 6.61 Å². The van der Waals surface area contributed by atoms with Crippen LogP contribution in [0.2, 0.25) is 0 Å². The number of allylic oxidation sites excluding steroid dienone is 1. The smallest absolute Gasteiger partial charge is 0.302 e. The molecule has 1 aliphatic heterocycles. The van der Waals surface area contributed by atoms with Crippen LogP contribution < -0.4 is 4.74 Å². The van der Waals surface area contributed by atoms with Crippen molar-refractivity contribution in [3.05, 3.63) is 83.4 Å². The predicted molar refractivity (Wildman–Crippen MR) is 148 cm³/mol. The van der Waals surface area contributed by atoms with Crippen molar-refractivity contribution in [3.63, 3.8) is 0 Å². The first-order chi connectivity index (χ1) is 17.3. The van der Waals surface area contributed by atoms with Gasteiger partial charge in [-0.2, -0.15) is 0 Å². The Balaban J connectivity index is 0.000000538. The molecule has 0 saturated carbocycles. The summed E-state index contributed by atoms with van der Waals surface area (Å²) in [4.78, 5) is 14.4. The third-order valence-electron chi connectivity index (χ3n) is 5.62. The van der Waals surface area contributed by atoms with E-state index in [9.17, 15) is 9.90 Å². The molecule has 6 heteroatoms. The Morgan fingerprint density at radius 3 is 2.28 bits per heavy atom. The molecule has 0 aromatic heterocycles. The lowest BCUT2D eigenvalue weighted by molar-refractivity contribution is -0.140. The molecule has 0 aliphatic carbocycles. The van der Waals surface area contributed by atoms with Crippen molar-refractivity contribution in [2.75, 3.05) is 33.9 Å². The van der Waals surface area contributed by atoms with Crippen LogP contribution in [0.4, 0.5) is 0 Å². The van der Waals surface area contributed by atoms with Crippen LogP contribution in [-0.2, 0) is 9.53 Å². The molecule has 3 aromatic rings. The number of likely N-dealkylation sites (N-methyl/N-ethyl adjacent to an activating group) is 1. The number of phenolic OH excluding ortho intramolecular Hbond substituents is 1. The van der Waals surface area contributed by atoms with Gasteiger partial charge < -0.3 is 19.5 Å². The molecule has 0 spiro atoms. The van der Waals surface area contributed by atoms with Gasteiger partial charge in [-0.1, -0.05) is 49.0 Å². The highest BCUT2D eigenvalue weighted by Gasteiger charge is 2.23. The molecule has 0 bridgehead atoms. The largest absolute Gasteiger partial charge is 0.508 e. The summed E-state index contributed by atoms with van der Waals surface area (Å²) in [6.45, 7) is 7.40. The molecule has 1 aliphatic rings. The third-order valence-corrected chi connectivity index (χ3v) is 6.75. The van der Waals surface area contributed by atoms with Crippen molar-refractivity contribution < 1.29 is 19.4 Å². The minimum Gasteiger partial charge on any atom is -0.508 e. The standard InChI is InChI=1S/C26H27NO2S.C4H8O2/c1-4-21-22-7-5-6-8-24(22)30-25-17-20(29-16-15-27(2)3)13-14-23(25)26(21)18-9-11-19(28)12-10-18;1-3-6-4(2)5/h5-14,17,28H,4,15-16H2,1-3H3;3H2,1-2H3.